The van der Waals surface area contributed by atoms with Gasteiger partial charge in [0.25, 0.3) is 0 Å². The second kappa shape index (κ2) is 3.35. The van der Waals surface area contributed by atoms with Gasteiger partial charge >= 0.3 is 0 Å². The van der Waals surface area contributed by atoms with Crippen LogP contribution < -0.4 is 0 Å². The van der Waals surface area contributed by atoms with Gasteiger partial charge in [-0.3, -0.25) is 4.90 Å². The van der Waals surface area contributed by atoms with Crippen molar-refractivity contribution >= 4 is 0 Å². The summed E-state index contributed by atoms with van der Waals surface area (Å²) in [5.74, 6) is 0.939. The molecule has 1 atom stereocenters. The summed E-state index contributed by atoms with van der Waals surface area (Å²) < 4.78 is 0. The van der Waals surface area contributed by atoms with Crippen LogP contribution in [0, 0.1) is 5.92 Å². The quantitative estimate of drug-likeness (QED) is 0.595. The molecule has 1 aliphatic carbocycles. The molecule has 0 unspecified atom stereocenters. The lowest BCUT2D eigenvalue weighted by Crippen LogP contribution is -2.27. The maximum Gasteiger partial charge on any atom is 0.106 e. The first-order valence-electron chi connectivity index (χ1n) is 4.04. The lowest BCUT2D eigenvalue weighted by molar-refractivity contribution is 0.0306. The van der Waals surface area contributed by atoms with Crippen molar-refractivity contribution in [2.24, 2.45) is 5.92 Å². The van der Waals surface area contributed by atoms with Crippen LogP contribution in [0.15, 0.2) is 0 Å². The summed E-state index contributed by atoms with van der Waals surface area (Å²) in [7, 11) is 3.83. The standard InChI is InChI=1S/C8H17NO/c1-9(2)8(10)6-5-7-3-4-7/h7-8,10H,3-6H2,1-2H3/t8-/m1/s1. The van der Waals surface area contributed by atoms with Gasteiger partial charge in [0.2, 0.25) is 0 Å². The maximum absolute atomic E-state index is 9.33. The van der Waals surface area contributed by atoms with Gasteiger partial charge in [-0.25, -0.2) is 0 Å². The number of nitrogens with zero attached hydrogens (tertiary/aromatic N) is 1. The van der Waals surface area contributed by atoms with Gasteiger partial charge in [-0.2, -0.15) is 0 Å². The van der Waals surface area contributed by atoms with Crippen LogP contribution in [0.2, 0.25) is 0 Å². The fourth-order valence-corrected chi connectivity index (χ4v) is 1.05. The number of rotatable bonds is 4. The molecule has 0 bridgehead atoms. The highest BCUT2D eigenvalue weighted by Gasteiger charge is 2.22. The molecule has 1 rings (SSSR count). The Hall–Kier alpha value is -0.0800. The van der Waals surface area contributed by atoms with E-state index in [0.29, 0.717) is 0 Å². The third kappa shape index (κ3) is 2.67. The smallest absolute Gasteiger partial charge is 0.106 e. The molecule has 0 aromatic rings. The SMILES string of the molecule is CN(C)[C@H](O)CCC1CC1. The molecule has 0 spiro atoms. The van der Waals surface area contributed by atoms with Crippen molar-refractivity contribution in [1.82, 2.24) is 4.90 Å². The van der Waals surface area contributed by atoms with Crippen molar-refractivity contribution in [3.05, 3.63) is 0 Å². The van der Waals surface area contributed by atoms with E-state index in [4.69, 9.17) is 0 Å². The molecule has 2 heteroatoms. The molecule has 1 saturated carbocycles. The van der Waals surface area contributed by atoms with E-state index in [0.717, 1.165) is 12.3 Å². The van der Waals surface area contributed by atoms with Crippen LogP contribution in [0.1, 0.15) is 25.7 Å². The Balaban J connectivity index is 1.99. The van der Waals surface area contributed by atoms with E-state index in [-0.39, 0.29) is 6.23 Å². The molecule has 0 aromatic heterocycles. The highest BCUT2D eigenvalue weighted by Crippen LogP contribution is 2.33. The Labute approximate surface area is 62.8 Å². The number of aliphatic hydroxyl groups excluding tert-OH is 1. The third-order valence-corrected chi connectivity index (χ3v) is 2.13. The minimum atomic E-state index is -0.222. The fourth-order valence-electron chi connectivity index (χ4n) is 1.05. The number of hydrogen-bond acceptors (Lipinski definition) is 2. The Morgan fingerprint density at radius 1 is 1.50 bits per heavy atom. The molecule has 0 aliphatic heterocycles. The maximum atomic E-state index is 9.33. The van der Waals surface area contributed by atoms with Crippen LogP contribution in [0.3, 0.4) is 0 Å². The lowest BCUT2D eigenvalue weighted by Gasteiger charge is -2.17. The topological polar surface area (TPSA) is 23.5 Å². The Morgan fingerprint density at radius 3 is 2.50 bits per heavy atom. The predicted octanol–water partition coefficient (Wildman–Crippen LogP) is 1.06. The van der Waals surface area contributed by atoms with Crippen LogP contribution in [-0.4, -0.2) is 30.3 Å². The van der Waals surface area contributed by atoms with E-state index in [1.54, 1.807) is 0 Å². The monoisotopic (exact) mass is 143 g/mol. The molecule has 2 nitrogen and oxygen atoms in total. The highest BCUT2D eigenvalue weighted by molar-refractivity contribution is 4.73. The summed E-state index contributed by atoms with van der Waals surface area (Å²) in [6, 6.07) is 0. The van der Waals surface area contributed by atoms with Gasteiger partial charge in [-0.1, -0.05) is 12.8 Å². The first-order valence-corrected chi connectivity index (χ1v) is 4.04. The van der Waals surface area contributed by atoms with Crippen molar-refractivity contribution in [2.75, 3.05) is 14.1 Å². The van der Waals surface area contributed by atoms with Crippen molar-refractivity contribution in [3.8, 4) is 0 Å². The normalized spacial score (nSPS) is 21.6. The van der Waals surface area contributed by atoms with Crippen LogP contribution in [0.25, 0.3) is 0 Å². The first kappa shape index (κ1) is 8.02. The van der Waals surface area contributed by atoms with Crippen LogP contribution in [0.5, 0.6) is 0 Å². The minimum Gasteiger partial charge on any atom is -0.378 e. The van der Waals surface area contributed by atoms with E-state index in [9.17, 15) is 5.11 Å². The zero-order valence-electron chi connectivity index (χ0n) is 6.88. The summed E-state index contributed by atoms with van der Waals surface area (Å²) in [5.41, 5.74) is 0. The van der Waals surface area contributed by atoms with Gasteiger partial charge in [-0.15, -0.1) is 0 Å². The molecule has 60 valence electrons. The van der Waals surface area contributed by atoms with Crippen molar-refractivity contribution in [3.63, 3.8) is 0 Å². The molecule has 0 heterocycles. The minimum absolute atomic E-state index is 0.222. The Morgan fingerprint density at radius 2 is 2.10 bits per heavy atom. The second-order valence-corrected chi connectivity index (χ2v) is 3.46. The predicted molar refractivity (Wildman–Crippen MR) is 41.7 cm³/mol. The van der Waals surface area contributed by atoms with E-state index in [1.807, 2.05) is 19.0 Å². The first-order chi connectivity index (χ1) is 4.70. The fraction of sp³-hybridized carbons (Fsp3) is 1.00. The summed E-state index contributed by atoms with van der Waals surface area (Å²) in [5, 5.41) is 9.33. The van der Waals surface area contributed by atoms with Gasteiger partial charge < -0.3 is 5.11 Å². The van der Waals surface area contributed by atoms with E-state index in [2.05, 4.69) is 0 Å². The molecule has 0 aromatic carbocycles. The molecule has 0 amide bonds. The average Bonchev–Trinajstić information content (AvgIpc) is 2.64. The Kier molecular flexibility index (Phi) is 2.69. The number of hydrogen-bond donors (Lipinski definition) is 1. The Bertz CT molecular complexity index is 99.4. The van der Waals surface area contributed by atoms with Crippen molar-refractivity contribution in [2.45, 2.75) is 31.9 Å². The summed E-state index contributed by atoms with van der Waals surface area (Å²) >= 11 is 0. The number of aliphatic hydroxyl groups is 1. The second-order valence-electron chi connectivity index (χ2n) is 3.46. The molecular formula is C8H17NO. The molecule has 0 radical (unpaired) electrons. The van der Waals surface area contributed by atoms with E-state index < -0.39 is 0 Å². The highest BCUT2D eigenvalue weighted by atomic mass is 16.3. The summed E-state index contributed by atoms with van der Waals surface area (Å²) in [6.45, 7) is 0. The van der Waals surface area contributed by atoms with E-state index in [1.165, 1.54) is 19.3 Å². The van der Waals surface area contributed by atoms with Gasteiger partial charge in [-0.05, 0) is 32.9 Å². The van der Waals surface area contributed by atoms with Gasteiger partial charge in [0.15, 0.2) is 0 Å². The largest absolute Gasteiger partial charge is 0.378 e. The van der Waals surface area contributed by atoms with Crippen LogP contribution in [0.4, 0.5) is 0 Å². The molecule has 1 aliphatic rings. The van der Waals surface area contributed by atoms with Gasteiger partial charge in [0, 0.05) is 0 Å². The zero-order valence-corrected chi connectivity index (χ0v) is 6.88. The average molecular weight is 143 g/mol. The van der Waals surface area contributed by atoms with Crippen LogP contribution >= 0.6 is 0 Å². The van der Waals surface area contributed by atoms with E-state index >= 15 is 0 Å². The zero-order chi connectivity index (χ0) is 7.56. The molecular weight excluding hydrogens is 126 g/mol. The van der Waals surface area contributed by atoms with Crippen molar-refractivity contribution < 1.29 is 5.11 Å². The van der Waals surface area contributed by atoms with Crippen LogP contribution in [-0.2, 0) is 0 Å². The third-order valence-electron chi connectivity index (χ3n) is 2.13. The molecule has 10 heavy (non-hydrogen) atoms. The van der Waals surface area contributed by atoms with Gasteiger partial charge in [0.05, 0.1) is 0 Å². The summed E-state index contributed by atoms with van der Waals surface area (Å²) in [6.07, 6.45) is 4.71. The molecule has 0 saturated heterocycles. The molecule has 1 N–H and O–H groups in total. The lowest BCUT2D eigenvalue weighted by atomic mass is 10.2. The molecule has 1 fully saturated rings. The summed E-state index contributed by atoms with van der Waals surface area (Å²) in [4.78, 5) is 1.86. The van der Waals surface area contributed by atoms with Crippen molar-refractivity contribution in [1.29, 1.82) is 0 Å². The van der Waals surface area contributed by atoms with Gasteiger partial charge in [0.1, 0.15) is 6.23 Å².